The van der Waals surface area contributed by atoms with Crippen molar-refractivity contribution < 1.29 is 8.42 Å². The molecular formula is C6H11N3O2S. The topological polar surface area (TPSA) is 84.5 Å². The Kier molecular flexibility index (Phi) is 2.49. The number of sulfone groups is 1. The van der Waals surface area contributed by atoms with Gasteiger partial charge in [-0.3, -0.25) is 0 Å². The average molecular weight is 189 g/mol. The molecule has 0 saturated carbocycles. The summed E-state index contributed by atoms with van der Waals surface area (Å²) in [7, 11) is -3.41. The van der Waals surface area contributed by atoms with Crippen LogP contribution in [0.4, 0.5) is 0 Å². The van der Waals surface area contributed by atoms with Crippen molar-refractivity contribution in [3.8, 4) is 0 Å². The van der Waals surface area contributed by atoms with E-state index < -0.39 is 9.84 Å². The summed E-state index contributed by atoms with van der Waals surface area (Å²) >= 11 is 0. The molecule has 0 radical (unpaired) electrons. The maximum Gasteiger partial charge on any atom is 0.237 e. The lowest BCUT2D eigenvalue weighted by Gasteiger charge is -2.01. The first-order valence-electron chi connectivity index (χ1n) is 3.57. The summed E-state index contributed by atoms with van der Waals surface area (Å²) in [6, 6.07) is 0. The zero-order chi connectivity index (χ0) is 9.19. The molecule has 0 aliphatic carbocycles. The molecule has 0 atom stereocenters. The Hall–Kier alpha value is -0.880. The predicted molar refractivity (Wildman–Crippen MR) is 47.2 cm³/mol. The minimum absolute atomic E-state index is 0.0989. The summed E-state index contributed by atoms with van der Waals surface area (Å²) in [6.45, 7) is 2.84. The SMILES string of the molecule is CCNCC1=NC=C(N)S1(=O)=O. The lowest BCUT2D eigenvalue weighted by Crippen LogP contribution is -2.28. The second kappa shape index (κ2) is 3.24. The summed E-state index contributed by atoms with van der Waals surface area (Å²) in [5.41, 5.74) is 5.21. The highest BCUT2D eigenvalue weighted by molar-refractivity contribution is 8.10. The van der Waals surface area contributed by atoms with Crippen molar-refractivity contribution in [3.63, 3.8) is 0 Å². The first-order chi connectivity index (χ1) is 5.59. The summed E-state index contributed by atoms with van der Waals surface area (Å²) in [5, 5.41) is 2.80. The van der Waals surface area contributed by atoms with Crippen LogP contribution >= 0.6 is 0 Å². The largest absolute Gasteiger partial charge is 0.388 e. The fourth-order valence-electron chi connectivity index (χ4n) is 0.783. The highest BCUT2D eigenvalue weighted by atomic mass is 32.2. The normalized spacial score (nSPS) is 20.4. The van der Waals surface area contributed by atoms with Crippen LogP contribution in [0.5, 0.6) is 0 Å². The smallest absolute Gasteiger partial charge is 0.237 e. The van der Waals surface area contributed by atoms with E-state index in [1.54, 1.807) is 0 Å². The van der Waals surface area contributed by atoms with Crippen molar-refractivity contribution in [2.75, 3.05) is 13.1 Å². The van der Waals surface area contributed by atoms with Crippen molar-refractivity contribution >= 4 is 14.9 Å². The van der Waals surface area contributed by atoms with Crippen LogP contribution in [0.2, 0.25) is 0 Å². The zero-order valence-corrected chi connectivity index (χ0v) is 7.56. The minimum Gasteiger partial charge on any atom is -0.388 e. The summed E-state index contributed by atoms with van der Waals surface area (Å²) in [4.78, 5) is 3.69. The molecular weight excluding hydrogens is 178 g/mol. The van der Waals surface area contributed by atoms with Gasteiger partial charge in [-0.2, -0.15) is 0 Å². The Labute approximate surface area is 71.3 Å². The number of nitrogens with zero attached hydrogens (tertiary/aromatic N) is 1. The molecule has 0 fully saturated rings. The molecule has 12 heavy (non-hydrogen) atoms. The molecule has 0 bridgehead atoms. The van der Waals surface area contributed by atoms with Gasteiger partial charge in [0.2, 0.25) is 9.84 Å². The molecule has 6 heteroatoms. The van der Waals surface area contributed by atoms with Crippen LogP contribution in [-0.4, -0.2) is 26.6 Å². The number of hydrogen-bond acceptors (Lipinski definition) is 5. The maximum atomic E-state index is 11.2. The first kappa shape index (κ1) is 9.21. The number of hydrogen-bond donors (Lipinski definition) is 2. The molecule has 5 nitrogen and oxygen atoms in total. The van der Waals surface area contributed by atoms with Gasteiger partial charge in [0.15, 0.2) is 10.1 Å². The molecule has 1 heterocycles. The van der Waals surface area contributed by atoms with Crippen molar-refractivity contribution in [1.29, 1.82) is 0 Å². The van der Waals surface area contributed by atoms with Crippen molar-refractivity contribution in [2.45, 2.75) is 6.92 Å². The fraction of sp³-hybridized carbons (Fsp3) is 0.500. The van der Waals surface area contributed by atoms with E-state index in [-0.39, 0.29) is 16.6 Å². The van der Waals surface area contributed by atoms with E-state index in [0.29, 0.717) is 6.54 Å². The standard InChI is InChI=1S/C6H11N3O2S/c1-2-8-4-6-9-3-5(7)12(6,10)11/h3,8H,2,4,7H2,1H3. The first-order valence-corrected chi connectivity index (χ1v) is 5.05. The third-order valence-electron chi connectivity index (χ3n) is 1.48. The number of aliphatic imine (C=N–C) groups is 1. The molecule has 3 N–H and O–H groups in total. The van der Waals surface area contributed by atoms with Crippen molar-refractivity contribution in [2.24, 2.45) is 10.7 Å². The second-order valence-electron chi connectivity index (χ2n) is 2.34. The van der Waals surface area contributed by atoms with Crippen LogP contribution in [0.3, 0.4) is 0 Å². The highest BCUT2D eigenvalue weighted by Crippen LogP contribution is 2.10. The van der Waals surface area contributed by atoms with Gasteiger partial charge in [-0.15, -0.1) is 0 Å². The monoisotopic (exact) mass is 189 g/mol. The van der Waals surface area contributed by atoms with Crippen LogP contribution in [0, 0.1) is 0 Å². The van der Waals surface area contributed by atoms with Gasteiger partial charge in [-0.05, 0) is 6.54 Å². The predicted octanol–water partition coefficient (Wildman–Crippen LogP) is -0.820. The fourth-order valence-corrected chi connectivity index (χ4v) is 1.73. The molecule has 0 spiro atoms. The lowest BCUT2D eigenvalue weighted by atomic mass is 10.6. The number of nitrogens with two attached hydrogens (primary N) is 1. The van der Waals surface area contributed by atoms with Crippen molar-refractivity contribution in [1.82, 2.24) is 5.32 Å². The van der Waals surface area contributed by atoms with E-state index in [1.807, 2.05) is 6.92 Å². The second-order valence-corrected chi connectivity index (χ2v) is 4.29. The third-order valence-corrected chi connectivity index (χ3v) is 3.08. The molecule has 1 aliphatic rings. The number of nitrogens with one attached hydrogen (secondary N) is 1. The lowest BCUT2D eigenvalue weighted by molar-refractivity contribution is 0.612. The van der Waals surface area contributed by atoms with Gasteiger partial charge in [-0.1, -0.05) is 6.92 Å². The van der Waals surface area contributed by atoms with Gasteiger partial charge < -0.3 is 11.1 Å². The van der Waals surface area contributed by atoms with Crippen LogP contribution in [0.15, 0.2) is 16.2 Å². The maximum absolute atomic E-state index is 11.2. The van der Waals surface area contributed by atoms with Crippen LogP contribution in [-0.2, 0) is 9.84 Å². The number of rotatable bonds is 3. The molecule has 0 aromatic rings. The van der Waals surface area contributed by atoms with Gasteiger partial charge in [0.25, 0.3) is 0 Å². The van der Waals surface area contributed by atoms with E-state index in [0.717, 1.165) is 0 Å². The van der Waals surface area contributed by atoms with Crippen molar-refractivity contribution in [3.05, 3.63) is 11.2 Å². The molecule has 0 aromatic heterocycles. The Morgan fingerprint density at radius 1 is 1.67 bits per heavy atom. The Morgan fingerprint density at radius 3 is 2.75 bits per heavy atom. The van der Waals surface area contributed by atoms with Gasteiger partial charge in [0.1, 0.15) is 0 Å². The molecule has 1 aliphatic heterocycles. The Bertz CT molecular complexity index is 329. The minimum atomic E-state index is -3.41. The molecule has 0 aromatic carbocycles. The van der Waals surface area contributed by atoms with E-state index in [9.17, 15) is 8.42 Å². The van der Waals surface area contributed by atoms with E-state index in [2.05, 4.69) is 10.3 Å². The average Bonchev–Trinajstić information content (AvgIpc) is 2.25. The summed E-state index contributed by atoms with van der Waals surface area (Å²) < 4.78 is 22.5. The van der Waals surface area contributed by atoms with Crippen LogP contribution < -0.4 is 11.1 Å². The van der Waals surface area contributed by atoms with E-state index in [4.69, 9.17) is 5.73 Å². The van der Waals surface area contributed by atoms with Crippen LogP contribution in [0.25, 0.3) is 0 Å². The molecule has 68 valence electrons. The molecule has 0 saturated heterocycles. The van der Waals surface area contributed by atoms with Gasteiger partial charge in [0, 0.05) is 6.54 Å². The van der Waals surface area contributed by atoms with Crippen LogP contribution in [0.1, 0.15) is 6.92 Å². The van der Waals surface area contributed by atoms with Gasteiger partial charge >= 0.3 is 0 Å². The zero-order valence-electron chi connectivity index (χ0n) is 6.74. The van der Waals surface area contributed by atoms with Gasteiger partial charge in [-0.25, -0.2) is 13.4 Å². The molecule has 0 amide bonds. The Balaban J connectivity index is 2.74. The third kappa shape index (κ3) is 1.49. The highest BCUT2D eigenvalue weighted by Gasteiger charge is 2.26. The Morgan fingerprint density at radius 2 is 2.33 bits per heavy atom. The van der Waals surface area contributed by atoms with E-state index >= 15 is 0 Å². The summed E-state index contributed by atoms with van der Waals surface area (Å²) in [6.07, 6.45) is 1.17. The van der Waals surface area contributed by atoms with E-state index in [1.165, 1.54) is 6.20 Å². The molecule has 1 rings (SSSR count). The molecule has 0 unspecified atom stereocenters. The quantitative estimate of drug-likeness (QED) is 0.607. The summed E-state index contributed by atoms with van der Waals surface area (Å²) in [5.74, 6) is 0. The van der Waals surface area contributed by atoms with Gasteiger partial charge in [0.05, 0.1) is 6.20 Å².